The van der Waals surface area contributed by atoms with Crippen LogP contribution in [0.1, 0.15) is 11.1 Å². The Labute approximate surface area is 168 Å². The van der Waals surface area contributed by atoms with Gasteiger partial charge in [0.1, 0.15) is 0 Å². The zero-order valence-corrected chi connectivity index (χ0v) is 17.3. The second-order valence-corrected chi connectivity index (χ2v) is 6.82. The standard InChI is InChI=1S/C19H23O9P/c1-23-15-8-7-13(9-16(15)27-12-28-29(20,21)22)5-6-14-10-17(24-2)19(26-4)18(11-14)25-3/h5-11H,12H2,1-4H3,(H2,20,21,22)/b6-5-. The summed E-state index contributed by atoms with van der Waals surface area (Å²) < 4.78 is 41.5. The zero-order valence-electron chi connectivity index (χ0n) is 16.4. The van der Waals surface area contributed by atoms with Gasteiger partial charge in [-0.1, -0.05) is 18.2 Å². The molecule has 2 aromatic rings. The van der Waals surface area contributed by atoms with Crippen LogP contribution in [0.4, 0.5) is 0 Å². The fourth-order valence-electron chi connectivity index (χ4n) is 2.46. The molecule has 0 saturated carbocycles. The lowest BCUT2D eigenvalue weighted by molar-refractivity contribution is 0.0806. The molecule has 0 spiro atoms. The van der Waals surface area contributed by atoms with E-state index >= 15 is 0 Å². The van der Waals surface area contributed by atoms with E-state index in [0.717, 1.165) is 11.1 Å². The largest absolute Gasteiger partial charge is 0.493 e. The van der Waals surface area contributed by atoms with Crippen molar-refractivity contribution in [1.82, 2.24) is 0 Å². The van der Waals surface area contributed by atoms with Crippen LogP contribution < -0.4 is 23.7 Å². The lowest BCUT2D eigenvalue weighted by Crippen LogP contribution is -2.02. The minimum absolute atomic E-state index is 0.271. The van der Waals surface area contributed by atoms with Gasteiger partial charge in [0.25, 0.3) is 0 Å². The van der Waals surface area contributed by atoms with Crippen molar-refractivity contribution in [3.8, 4) is 28.7 Å². The number of hydrogen-bond acceptors (Lipinski definition) is 7. The Morgan fingerprint density at radius 2 is 1.34 bits per heavy atom. The molecule has 0 amide bonds. The molecule has 0 aromatic heterocycles. The van der Waals surface area contributed by atoms with Crippen molar-refractivity contribution in [2.24, 2.45) is 0 Å². The van der Waals surface area contributed by atoms with Crippen LogP contribution >= 0.6 is 7.82 Å². The number of hydrogen-bond donors (Lipinski definition) is 2. The van der Waals surface area contributed by atoms with Gasteiger partial charge in [0.05, 0.1) is 28.4 Å². The molecule has 9 nitrogen and oxygen atoms in total. The molecule has 0 atom stereocenters. The maximum absolute atomic E-state index is 10.8. The number of phosphoric ester groups is 1. The molecule has 0 fully saturated rings. The van der Waals surface area contributed by atoms with Crippen molar-refractivity contribution in [3.05, 3.63) is 41.5 Å². The molecule has 2 aromatic carbocycles. The smallest absolute Gasteiger partial charge is 0.472 e. The third-order valence-corrected chi connectivity index (χ3v) is 4.22. The fourth-order valence-corrected chi connectivity index (χ4v) is 2.65. The number of phosphoric acid groups is 1. The summed E-state index contributed by atoms with van der Waals surface area (Å²) in [4.78, 5) is 17.5. The van der Waals surface area contributed by atoms with E-state index in [2.05, 4.69) is 4.52 Å². The molecule has 158 valence electrons. The average molecular weight is 426 g/mol. The highest BCUT2D eigenvalue weighted by Gasteiger charge is 2.15. The number of rotatable bonds is 10. The normalized spacial score (nSPS) is 11.4. The van der Waals surface area contributed by atoms with Gasteiger partial charge in [-0.2, -0.15) is 0 Å². The Morgan fingerprint density at radius 3 is 1.86 bits per heavy atom. The topological polar surface area (TPSA) is 113 Å². The number of benzene rings is 2. The maximum Gasteiger partial charge on any atom is 0.472 e. The van der Waals surface area contributed by atoms with Gasteiger partial charge in [0.15, 0.2) is 23.0 Å². The molecule has 0 aliphatic carbocycles. The minimum Gasteiger partial charge on any atom is -0.493 e. The summed E-state index contributed by atoms with van der Waals surface area (Å²) in [6.07, 6.45) is 3.65. The van der Waals surface area contributed by atoms with Crippen LogP contribution in [-0.2, 0) is 9.09 Å². The molecule has 0 radical (unpaired) electrons. The molecule has 2 rings (SSSR count). The van der Waals surface area contributed by atoms with E-state index in [9.17, 15) is 4.57 Å². The SMILES string of the molecule is COc1ccc(/C=C\c2cc(OC)c(OC)c(OC)c2)cc1OCOP(=O)(O)O. The van der Waals surface area contributed by atoms with Gasteiger partial charge >= 0.3 is 7.82 Å². The summed E-state index contributed by atoms with van der Waals surface area (Å²) in [5.74, 6) is 2.22. The molecule has 0 saturated heterocycles. The van der Waals surface area contributed by atoms with Crippen molar-refractivity contribution in [2.45, 2.75) is 0 Å². The summed E-state index contributed by atoms with van der Waals surface area (Å²) in [6, 6.07) is 8.71. The summed E-state index contributed by atoms with van der Waals surface area (Å²) in [5, 5.41) is 0. The first kappa shape index (κ1) is 22.6. The molecule has 29 heavy (non-hydrogen) atoms. The van der Waals surface area contributed by atoms with E-state index in [1.807, 2.05) is 12.2 Å². The molecule has 0 unspecified atom stereocenters. The van der Waals surface area contributed by atoms with Gasteiger partial charge in [-0.3, -0.25) is 0 Å². The Hall–Kier alpha value is -2.71. The van der Waals surface area contributed by atoms with Crippen LogP contribution in [0.2, 0.25) is 0 Å². The minimum atomic E-state index is -4.63. The van der Waals surface area contributed by atoms with Crippen molar-refractivity contribution in [3.63, 3.8) is 0 Å². The summed E-state index contributed by atoms with van der Waals surface area (Å²) in [7, 11) is 1.44. The maximum atomic E-state index is 10.8. The van der Waals surface area contributed by atoms with Gasteiger partial charge in [0, 0.05) is 0 Å². The highest BCUT2D eigenvalue weighted by Crippen LogP contribution is 2.39. The molecule has 0 bridgehead atoms. The van der Waals surface area contributed by atoms with Crippen LogP contribution in [0.25, 0.3) is 12.2 Å². The fraction of sp³-hybridized carbons (Fsp3) is 0.263. The Morgan fingerprint density at radius 1 is 0.793 bits per heavy atom. The first-order valence-corrected chi connectivity index (χ1v) is 9.83. The molecular formula is C19H23O9P. The zero-order chi connectivity index (χ0) is 21.4. The van der Waals surface area contributed by atoms with Crippen molar-refractivity contribution in [1.29, 1.82) is 0 Å². The first-order valence-electron chi connectivity index (χ1n) is 8.30. The average Bonchev–Trinajstić information content (AvgIpc) is 2.70. The van der Waals surface area contributed by atoms with E-state index in [-0.39, 0.29) is 5.75 Å². The van der Waals surface area contributed by atoms with Crippen LogP contribution in [0.5, 0.6) is 28.7 Å². The third-order valence-electron chi connectivity index (χ3n) is 3.78. The molecule has 0 heterocycles. The van der Waals surface area contributed by atoms with Gasteiger partial charge in [-0.05, 0) is 35.4 Å². The third kappa shape index (κ3) is 6.40. The highest BCUT2D eigenvalue weighted by molar-refractivity contribution is 7.46. The first-order chi connectivity index (χ1) is 13.8. The Balaban J connectivity index is 2.26. The van der Waals surface area contributed by atoms with Crippen molar-refractivity contribution in [2.75, 3.05) is 35.2 Å². The van der Waals surface area contributed by atoms with E-state index < -0.39 is 14.6 Å². The van der Waals surface area contributed by atoms with Gasteiger partial charge in [0.2, 0.25) is 12.5 Å². The molecule has 0 aliphatic heterocycles. The lowest BCUT2D eigenvalue weighted by atomic mass is 10.1. The monoisotopic (exact) mass is 426 g/mol. The number of ether oxygens (including phenoxy) is 5. The van der Waals surface area contributed by atoms with Gasteiger partial charge < -0.3 is 33.5 Å². The van der Waals surface area contributed by atoms with E-state index in [1.165, 1.54) is 28.4 Å². The second-order valence-electron chi connectivity index (χ2n) is 5.58. The Bertz CT molecular complexity index is 880. The van der Waals surface area contributed by atoms with Crippen molar-refractivity contribution >= 4 is 20.0 Å². The van der Waals surface area contributed by atoms with Crippen LogP contribution in [0, 0.1) is 0 Å². The van der Waals surface area contributed by atoms with E-state index in [4.69, 9.17) is 33.5 Å². The summed E-state index contributed by atoms with van der Waals surface area (Å²) in [6.45, 7) is -0.624. The summed E-state index contributed by atoms with van der Waals surface area (Å²) >= 11 is 0. The molecular weight excluding hydrogens is 403 g/mol. The van der Waals surface area contributed by atoms with Gasteiger partial charge in [-0.15, -0.1) is 0 Å². The quantitative estimate of drug-likeness (QED) is 0.335. The molecule has 0 aliphatic rings. The van der Waals surface area contributed by atoms with Gasteiger partial charge in [-0.25, -0.2) is 9.09 Å². The summed E-state index contributed by atoms with van der Waals surface area (Å²) in [5.41, 5.74) is 1.56. The molecule has 2 N–H and O–H groups in total. The molecule has 10 heteroatoms. The number of methoxy groups -OCH3 is 4. The van der Waals surface area contributed by atoms with Crippen molar-refractivity contribution < 1.29 is 42.6 Å². The van der Waals surface area contributed by atoms with Crippen LogP contribution in [0.15, 0.2) is 30.3 Å². The van der Waals surface area contributed by atoms with Crippen LogP contribution in [-0.4, -0.2) is 45.0 Å². The Kier molecular flexibility index (Phi) is 7.92. The lowest BCUT2D eigenvalue weighted by Gasteiger charge is -2.13. The predicted octanol–water partition coefficient (Wildman–Crippen LogP) is 3.34. The van der Waals surface area contributed by atoms with E-state index in [1.54, 1.807) is 30.3 Å². The second kappa shape index (κ2) is 10.2. The van der Waals surface area contributed by atoms with Crippen LogP contribution in [0.3, 0.4) is 0 Å². The predicted molar refractivity (Wildman–Crippen MR) is 107 cm³/mol. The van der Waals surface area contributed by atoms with E-state index in [0.29, 0.717) is 23.0 Å². The highest BCUT2D eigenvalue weighted by atomic mass is 31.2.